The van der Waals surface area contributed by atoms with Gasteiger partial charge in [-0.25, -0.2) is 0 Å². The summed E-state index contributed by atoms with van der Waals surface area (Å²) >= 11 is 6.27. The smallest absolute Gasteiger partial charge is 0.0453 e. The van der Waals surface area contributed by atoms with Crippen LogP contribution in [0.15, 0.2) is 24.3 Å². The van der Waals surface area contributed by atoms with Gasteiger partial charge in [0.15, 0.2) is 0 Å². The largest absolute Gasteiger partial charge is 0.313 e. The molecular formula is C18H30ClN. The Kier molecular flexibility index (Phi) is 9.78. The fourth-order valence-electron chi connectivity index (χ4n) is 2.70. The highest BCUT2D eigenvalue weighted by Crippen LogP contribution is 2.26. The lowest BCUT2D eigenvalue weighted by atomic mass is 9.99. The van der Waals surface area contributed by atoms with E-state index in [9.17, 15) is 0 Å². The van der Waals surface area contributed by atoms with Crippen LogP contribution in [0.3, 0.4) is 0 Å². The van der Waals surface area contributed by atoms with Crippen molar-refractivity contribution in [3.63, 3.8) is 0 Å². The van der Waals surface area contributed by atoms with Crippen molar-refractivity contribution in [1.29, 1.82) is 0 Å². The molecule has 0 aliphatic heterocycles. The summed E-state index contributed by atoms with van der Waals surface area (Å²) in [5, 5.41) is 4.27. The van der Waals surface area contributed by atoms with E-state index in [2.05, 4.69) is 24.4 Å². The van der Waals surface area contributed by atoms with Crippen molar-refractivity contribution in [2.45, 2.75) is 70.8 Å². The van der Waals surface area contributed by atoms with Gasteiger partial charge in [-0.1, -0.05) is 88.1 Å². The van der Waals surface area contributed by atoms with Crippen LogP contribution in [0.25, 0.3) is 0 Å². The SMILES string of the molecule is CCCCCCCCCCC(NC)c1ccccc1Cl. The van der Waals surface area contributed by atoms with E-state index in [1.54, 1.807) is 0 Å². The molecule has 114 valence electrons. The number of unbranched alkanes of at least 4 members (excludes halogenated alkanes) is 7. The van der Waals surface area contributed by atoms with Crippen LogP contribution in [-0.4, -0.2) is 7.05 Å². The second kappa shape index (κ2) is 11.2. The zero-order valence-electron chi connectivity index (χ0n) is 13.1. The third-order valence-corrected chi connectivity index (χ3v) is 4.32. The predicted octanol–water partition coefficient (Wildman–Crippen LogP) is 6.13. The van der Waals surface area contributed by atoms with Crippen molar-refractivity contribution in [3.05, 3.63) is 34.9 Å². The van der Waals surface area contributed by atoms with Gasteiger partial charge in [-0.2, -0.15) is 0 Å². The van der Waals surface area contributed by atoms with E-state index in [1.165, 1.54) is 63.4 Å². The number of hydrogen-bond donors (Lipinski definition) is 1. The molecule has 0 amide bonds. The fourth-order valence-corrected chi connectivity index (χ4v) is 2.96. The van der Waals surface area contributed by atoms with Gasteiger partial charge in [0, 0.05) is 11.1 Å². The Hall–Kier alpha value is -0.530. The van der Waals surface area contributed by atoms with Crippen LogP contribution in [0, 0.1) is 0 Å². The Morgan fingerprint density at radius 3 is 2.15 bits per heavy atom. The molecule has 1 rings (SSSR count). The summed E-state index contributed by atoms with van der Waals surface area (Å²) in [6, 6.07) is 8.57. The maximum absolute atomic E-state index is 6.27. The number of rotatable bonds is 11. The third-order valence-electron chi connectivity index (χ3n) is 3.98. The lowest BCUT2D eigenvalue weighted by Gasteiger charge is -2.17. The molecule has 1 aromatic rings. The minimum Gasteiger partial charge on any atom is -0.313 e. The van der Waals surface area contributed by atoms with Crippen LogP contribution >= 0.6 is 11.6 Å². The first-order chi connectivity index (χ1) is 9.79. The molecule has 0 fully saturated rings. The first kappa shape index (κ1) is 17.5. The second-order valence-corrected chi connectivity index (χ2v) is 6.03. The molecule has 0 aromatic heterocycles. The van der Waals surface area contributed by atoms with Crippen molar-refractivity contribution < 1.29 is 0 Å². The van der Waals surface area contributed by atoms with E-state index in [0.29, 0.717) is 6.04 Å². The fraction of sp³-hybridized carbons (Fsp3) is 0.667. The Morgan fingerprint density at radius 2 is 1.55 bits per heavy atom. The minimum atomic E-state index is 0.392. The summed E-state index contributed by atoms with van der Waals surface area (Å²) in [6.45, 7) is 2.27. The maximum atomic E-state index is 6.27. The quantitative estimate of drug-likeness (QED) is 0.484. The normalized spacial score (nSPS) is 12.6. The summed E-state index contributed by atoms with van der Waals surface area (Å²) in [5.74, 6) is 0. The molecule has 1 atom stereocenters. The molecular weight excluding hydrogens is 266 g/mol. The second-order valence-electron chi connectivity index (χ2n) is 5.63. The van der Waals surface area contributed by atoms with Gasteiger partial charge in [0.1, 0.15) is 0 Å². The molecule has 1 unspecified atom stereocenters. The lowest BCUT2D eigenvalue weighted by molar-refractivity contribution is 0.494. The number of benzene rings is 1. The van der Waals surface area contributed by atoms with Gasteiger partial charge >= 0.3 is 0 Å². The van der Waals surface area contributed by atoms with Crippen LogP contribution in [0.4, 0.5) is 0 Å². The molecule has 0 bridgehead atoms. The van der Waals surface area contributed by atoms with Crippen molar-refractivity contribution in [2.24, 2.45) is 0 Å². The van der Waals surface area contributed by atoms with Crippen molar-refractivity contribution in [1.82, 2.24) is 5.32 Å². The molecule has 0 spiro atoms. The van der Waals surface area contributed by atoms with Crippen molar-refractivity contribution in [2.75, 3.05) is 7.05 Å². The average molecular weight is 296 g/mol. The highest BCUT2D eigenvalue weighted by Gasteiger charge is 2.11. The van der Waals surface area contributed by atoms with E-state index in [4.69, 9.17) is 11.6 Å². The highest BCUT2D eigenvalue weighted by atomic mass is 35.5. The molecule has 20 heavy (non-hydrogen) atoms. The van der Waals surface area contributed by atoms with E-state index >= 15 is 0 Å². The topological polar surface area (TPSA) is 12.0 Å². The monoisotopic (exact) mass is 295 g/mol. The number of hydrogen-bond acceptors (Lipinski definition) is 1. The first-order valence-corrected chi connectivity index (χ1v) is 8.59. The Labute approximate surface area is 130 Å². The number of halogens is 1. The van der Waals surface area contributed by atoms with E-state index in [-0.39, 0.29) is 0 Å². The van der Waals surface area contributed by atoms with Gasteiger partial charge in [-0.3, -0.25) is 0 Å². The van der Waals surface area contributed by atoms with E-state index < -0.39 is 0 Å². The Bertz CT molecular complexity index is 351. The van der Waals surface area contributed by atoms with E-state index in [1.807, 2.05) is 19.2 Å². The van der Waals surface area contributed by atoms with Crippen LogP contribution in [0.5, 0.6) is 0 Å². The van der Waals surface area contributed by atoms with Gasteiger partial charge in [0.2, 0.25) is 0 Å². The zero-order chi connectivity index (χ0) is 14.6. The molecule has 2 heteroatoms. The number of nitrogens with one attached hydrogen (secondary N) is 1. The lowest BCUT2D eigenvalue weighted by Crippen LogP contribution is -2.16. The van der Waals surface area contributed by atoms with Crippen LogP contribution in [0.1, 0.15) is 76.3 Å². The third kappa shape index (κ3) is 6.76. The summed E-state index contributed by atoms with van der Waals surface area (Å²) < 4.78 is 0. The van der Waals surface area contributed by atoms with Gasteiger partial charge in [-0.15, -0.1) is 0 Å². The average Bonchev–Trinajstić information content (AvgIpc) is 2.47. The molecule has 0 saturated heterocycles. The Balaban J connectivity index is 2.18. The van der Waals surface area contributed by atoms with Gasteiger partial charge in [0.25, 0.3) is 0 Å². The predicted molar refractivity (Wildman–Crippen MR) is 90.5 cm³/mol. The standard InChI is InChI=1S/C18H30ClN/c1-3-4-5-6-7-8-9-10-15-18(20-2)16-13-11-12-14-17(16)19/h11-14,18,20H,3-10,15H2,1-2H3. The summed E-state index contributed by atoms with van der Waals surface area (Å²) in [6.07, 6.45) is 12.1. The zero-order valence-corrected chi connectivity index (χ0v) is 13.9. The van der Waals surface area contributed by atoms with Crippen molar-refractivity contribution in [3.8, 4) is 0 Å². The van der Waals surface area contributed by atoms with Gasteiger partial charge in [-0.05, 0) is 25.1 Å². The molecule has 0 aliphatic carbocycles. The molecule has 0 heterocycles. The first-order valence-electron chi connectivity index (χ1n) is 8.21. The van der Waals surface area contributed by atoms with Crippen LogP contribution in [-0.2, 0) is 0 Å². The molecule has 1 aromatic carbocycles. The highest BCUT2D eigenvalue weighted by molar-refractivity contribution is 6.31. The van der Waals surface area contributed by atoms with Crippen molar-refractivity contribution >= 4 is 11.6 Å². The molecule has 0 radical (unpaired) electrons. The minimum absolute atomic E-state index is 0.392. The van der Waals surface area contributed by atoms with Crippen LogP contribution < -0.4 is 5.32 Å². The molecule has 0 saturated carbocycles. The van der Waals surface area contributed by atoms with Crippen LogP contribution in [0.2, 0.25) is 5.02 Å². The maximum Gasteiger partial charge on any atom is 0.0453 e. The summed E-state index contributed by atoms with van der Waals surface area (Å²) in [5.41, 5.74) is 1.24. The van der Waals surface area contributed by atoms with E-state index in [0.717, 1.165) is 5.02 Å². The summed E-state index contributed by atoms with van der Waals surface area (Å²) in [4.78, 5) is 0. The molecule has 0 aliphatic rings. The Morgan fingerprint density at radius 1 is 0.950 bits per heavy atom. The summed E-state index contributed by atoms with van der Waals surface area (Å²) in [7, 11) is 2.03. The molecule has 1 N–H and O–H groups in total. The molecule has 1 nitrogen and oxygen atoms in total. The van der Waals surface area contributed by atoms with Gasteiger partial charge in [0.05, 0.1) is 0 Å². The van der Waals surface area contributed by atoms with Gasteiger partial charge < -0.3 is 5.32 Å².